The molecule has 21 heavy (non-hydrogen) atoms. The lowest BCUT2D eigenvalue weighted by atomic mass is 10.1. The molecule has 114 valence electrons. The second-order valence-corrected chi connectivity index (χ2v) is 6.08. The number of piperidine rings is 2. The van der Waals surface area contributed by atoms with E-state index in [0.717, 1.165) is 25.9 Å². The van der Waals surface area contributed by atoms with Crippen LogP contribution in [-0.4, -0.2) is 31.6 Å². The third kappa shape index (κ3) is 3.76. The van der Waals surface area contributed by atoms with Crippen molar-refractivity contribution in [1.82, 2.24) is 10.6 Å². The molecule has 4 nitrogen and oxygen atoms in total. The number of carbonyl (C=O) groups is 1. The molecule has 1 unspecified atom stereocenters. The Labute approximate surface area is 126 Å². The van der Waals surface area contributed by atoms with Gasteiger partial charge in [-0.05, 0) is 49.8 Å². The average molecular weight is 287 g/mol. The highest BCUT2D eigenvalue weighted by Crippen LogP contribution is 2.20. The van der Waals surface area contributed by atoms with E-state index >= 15 is 0 Å². The molecule has 2 aliphatic heterocycles. The summed E-state index contributed by atoms with van der Waals surface area (Å²) >= 11 is 0. The van der Waals surface area contributed by atoms with Crippen molar-refractivity contribution in [3.05, 3.63) is 29.8 Å². The minimum atomic E-state index is -0.0273. The van der Waals surface area contributed by atoms with Gasteiger partial charge in [-0.25, -0.2) is 0 Å². The van der Waals surface area contributed by atoms with Gasteiger partial charge in [-0.3, -0.25) is 4.79 Å². The van der Waals surface area contributed by atoms with E-state index in [4.69, 9.17) is 0 Å². The maximum Gasteiger partial charge on any atom is 0.237 e. The van der Waals surface area contributed by atoms with Crippen molar-refractivity contribution >= 4 is 11.6 Å². The molecule has 1 atom stereocenters. The third-order valence-corrected chi connectivity index (χ3v) is 4.50. The van der Waals surface area contributed by atoms with Gasteiger partial charge < -0.3 is 15.5 Å². The van der Waals surface area contributed by atoms with Crippen LogP contribution in [-0.2, 0) is 11.3 Å². The van der Waals surface area contributed by atoms with Gasteiger partial charge in [-0.2, -0.15) is 0 Å². The Kier molecular flexibility index (Phi) is 4.76. The van der Waals surface area contributed by atoms with Crippen molar-refractivity contribution in [1.29, 1.82) is 0 Å². The summed E-state index contributed by atoms with van der Waals surface area (Å²) < 4.78 is 0. The highest BCUT2D eigenvalue weighted by Gasteiger charge is 2.20. The van der Waals surface area contributed by atoms with Crippen LogP contribution < -0.4 is 15.5 Å². The normalized spacial score (nSPS) is 23.0. The molecule has 1 amide bonds. The number of carbonyl (C=O) groups excluding carboxylic acids is 1. The number of hydrogen-bond acceptors (Lipinski definition) is 3. The maximum atomic E-state index is 11.7. The van der Waals surface area contributed by atoms with E-state index in [-0.39, 0.29) is 11.9 Å². The monoisotopic (exact) mass is 287 g/mol. The molecule has 3 rings (SSSR count). The molecule has 2 N–H and O–H groups in total. The molecule has 1 aromatic rings. The van der Waals surface area contributed by atoms with Gasteiger partial charge >= 0.3 is 0 Å². The molecule has 0 aromatic heterocycles. The first-order chi connectivity index (χ1) is 10.3. The molecule has 4 heteroatoms. The van der Waals surface area contributed by atoms with E-state index in [2.05, 4.69) is 39.8 Å². The quantitative estimate of drug-likeness (QED) is 0.891. The fraction of sp³-hybridized carbons (Fsp3) is 0.588. The van der Waals surface area contributed by atoms with E-state index in [0.29, 0.717) is 0 Å². The van der Waals surface area contributed by atoms with Gasteiger partial charge in [-0.1, -0.05) is 12.1 Å². The predicted octanol–water partition coefficient (Wildman–Crippen LogP) is 2.05. The minimum absolute atomic E-state index is 0.0273. The molecule has 2 heterocycles. The lowest BCUT2D eigenvalue weighted by Gasteiger charge is -2.29. The van der Waals surface area contributed by atoms with Crippen LogP contribution in [0.25, 0.3) is 0 Å². The van der Waals surface area contributed by atoms with Crippen molar-refractivity contribution in [3.63, 3.8) is 0 Å². The molecule has 2 fully saturated rings. The molecule has 2 aliphatic rings. The number of anilines is 1. The second-order valence-electron chi connectivity index (χ2n) is 6.08. The van der Waals surface area contributed by atoms with Gasteiger partial charge in [0.15, 0.2) is 0 Å². The van der Waals surface area contributed by atoms with Crippen LogP contribution in [0.15, 0.2) is 24.3 Å². The van der Waals surface area contributed by atoms with E-state index in [1.807, 2.05) is 0 Å². The molecule has 2 saturated heterocycles. The van der Waals surface area contributed by atoms with E-state index in [1.54, 1.807) is 0 Å². The zero-order chi connectivity index (χ0) is 14.5. The Hall–Kier alpha value is -1.55. The first-order valence-corrected chi connectivity index (χ1v) is 8.18. The van der Waals surface area contributed by atoms with Gasteiger partial charge in [-0.15, -0.1) is 0 Å². The summed E-state index contributed by atoms with van der Waals surface area (Å²) in [6.45, 7) is 3.94. The zero-order valence-corrected chi connectivity index (χ0v) is 12.6. The summed E-state index contributed by atoms with van der Waals surface area (Å²) in [5, 5.41) is 6.27. The van der Waals surface area contributed by atoms with Gasteiger partial charge in [0.05, 0.1) is 6.04 Å². The van der Waals surface area contributed by atoms with Gasteiger partial charge in [0, 0.05) is 31.9 Å². The number of nitrogens with zero attached hydrogens (tertiary/aromatic N) is 1. The lowest BCUT2D eigenvalue weighted by Crippen LogP contribution is -2.47. The Balaban J connectivity index is 1.53. The summed E-state index contributed by atoms with van der Waals surface area (Å²) in [6.07, 6.45) is 5.98. The maximum absolute atomic E-state index is 11.7. The second kappa shape index (κ2) is 6.94. The molecular formula is C17H25N3O. The molecule has 0 aliphatic carbocycles. The summed E-state index contributed by atoms with van der Waals surface area (Å²) in [6, 6.07) is 8.75. The first kappa shape index (κ1) is 14.4. The van der Waals surface area contributed by atoms with Gasteiger partial charge in [0.25, 0.3) is 0 Å². The fourth-order valence-electron chi connectivity index (χ4n) is 3.18. The summed E-state index contributed by atoms with van der Waals surface area (Å²) in [5.41, 5.74) is 2.57. The van der Waals surface area contributed by atoms with Crippen LogP contribution in [0, 0.1) is 0 Å². The number of nitrogens with one attached hydrogen (secondary N) is 2. The van der Waals surface area contributed by atoms with E-state index in [9.17, 15) is 4.79 Å². The van der Waals surface area contributed by atoms with Crippen molar-refractivity contribution < 1.29 is 4.79 Å². The van der Waals surface area contributed by atoms with Crippen LogP contribution in [0.1, 0.15) is 37.7 Å². The van der Waals surface area contributed by atoms with Crippen molar-refractivity contribution in [2.75, 3.05) is 24.5 Å². The van der Waals surface area contributed by atoms with Gasteiger partial charge in [0.2, 0.25) is 5.91 Å². The molecule has 0 bridgehead atoms. The van der Waals surface area contributed by atoms with Crippen molar-refractivity contribution in [3.8, 4) is 0 Å². The smallest absolute Gasteiger partial charge is 0.237 e. The highest BCUT2D eigenvalue weighted by molar-refractivity contribution is 5.82. The summed E-state index contributed by atoms with van der Waals surface area (Å²) in [4.78, 5) is 14.2. The first-order valence-electron chi connectivity index (χ1n) is 8.18. The Morgan fingerprint density at radius 3 is 2.57 bits per heavy atom. The van der Waals surface area contributed by atoms with E-state index in [1.165, 1.54) is 43.6 Å². The molecule has 0 saturated carbocycles. The third-order valence-electron chi connectivity index (χ3n) is 4.50. The number of benzene rings is 1. The number of amides is 1. The topological polar surface area (TPSA) is 44.4 Å². The summed E-state index contributed by atoms with van der Waals surface area (Å²) in [5.74, 6) is 0.145. The SMILES string of the molecule is O=C1NCCCC1NCc1ccc(N2CCCCC2)cc1. The highest BCUT2D eigenvalue weighted by atomic mass is 16.2. The van der Waals surface area contributed by atoms with Crippen LogP contribution >= 0.6 is 0 Å². The van der Waals surface area contributed by atoms with E-state index < -0.39 is 0 Å². The fourth-order valence-corrected chi connectivity index (χ4v) is 3.18. The van der Waals surface area contributed by atoms with Crippen molar-refractivity contribution in [2.24, 2.45) is 0 Å². The predicted molar refractivity (Wildman–Crippen MR) is 85.4 cm³/mol. The zero-order valence-electron chi connectivity index (χ0n) is 12.6. The molecular weight excluding hydrogens is 262 g/mol. The van der Waals surface area contributed by atoms with Crippen LogP contribution in [0.5, 0.6) is 0 Å². The van der Waals surface area contributed by atoms with Crippen LogP contribution in [0.4, 0.5) is 5.69 Å². The van der Waals surface area contributed by atoms with Crippen molar-refractivity contribution in [2.45, 2.75) is 44.7 Å². The molecule has 0 spiro atoms. The van der Waals surface area contributed by atoms with Crippen LogP contribution in [0.2, 0.25) is 0 Å². The summed E-state index contributed by atoms with van der Waals surface area (Å²) in [7, 11) is 0. The Morgan fingerprint density at radius 1 is 1.10 bits per heavy atom. The Morgan fingerprint density at radius 2 is 1.86 bits per heavy atom. The molecule has 0 radical (unpaired) electrons. The standard InChI is InChI=1S/C17H25N3O/c21-17-16(5-4-10-18-17)19-13-14-6-8-15(9-7-14)20-11-2-1-3-12-20/h6-9,16,19H,1-5,10-13H2,(H,18,21). The Bertz CT molecular complexity index is 465. The largest absolute Gasteiger partial charge is 0.372 e. The number of rotatable bonds is 4. The minimum Gasteiger partial charge on any atom is -0.372 e. The average Bonchev–Trinajstić information content (AvgIpc) is 2.55. The van der Waals surface area contributed by atoms with Gasteiger partial charge in [0.1, 0.15) is 0 Å². The lowest BCUT2D eigenvalue weighted by molar-refractivity contribution is -0.124. The van der Waals surface area contributed by atoms with Crippen LogP contribution in [0.3, 0.4) is 0 Å². The molecule has 1 aromatic carbocycles. The number of hydrogen-bond donors (Lipinski definition) is 2.